The molecule has 2 heterocycles. The number of benzene rings is 1. The largest absolute Gasteiger partial charge is 0.354 e. The Bertz CT molecular complexity index is 1210. The van der Waals surface area contributed by atoms with E-state index < -0.39 is 11.2 Å². The van der Waals surface area contributed by atoms with Crippen molar-refractivity contribution in [2.45, 2.75) is 56.3 Å². The third kappa shape index (κ3) is 4.73. The number of nitrogens with two attached hydrogens (primary N) is 2. The van der Waals surface area contributed by atoms with Gasteiger partial charge in [0.1, 0.15) is 5.82 Å². The minimum atomic E-state index is -0.944. The van der Waals surface area contributed by atoms with E-state index in [1.54, 1.807) is 35.9 Å². The number of urea groups is 1. The molecule has 0 radical (unpaired) electrons. The van der Waals surface area contributed by atoms with Gasteiger partial charge in [0.2, 0.25) is 5.91 Å². The first-order valence-electron chi connectivity index (χ1n) is 12.3. The summed E-state index contributed by atoms with van der Waals surface area (Å²) in [6.45, 7) is 5.66. The van der Waals surface area contributed by atoms with E-state index >= 15 is 0 Å². The fourth-order valence-electron chi connectivity index (χ4n) is 5.50. The van der Waals surface area contributed by atoms with Gasteiger partial charge in [-0.3, -0.25) is 14.7 Å². The van der Waals surface area contributed by atoms with Gasteiger partial charge < -0.3 is 26.6 Å². The third-order valence-electron chi connectivity index (χ3n) is 7.40. The van der Waals surface area contributed by atoms with Crippen molar-refractivity contribution in [3.05, 3.63) is 52.6 Å². The Morgan fingerprint density at radius 3 is 2.19 bits per heavy atom. The number of anilines is 1. The van der Waals surface area contributed by atoms with Crippen LogP contribution in [0.15, 0.2) is 41.3 Å². The number of carbonyl (C=O) groups excluding carboxylic acids is 2. The molecule has 6 N–H and O–H groups in total. The van der Waals surface area contributed by atoms with E-state index in [0.717, 1.165) is 31.4 Å². The van der Waals surface area contributed by atoms with Crippen LogP contribution < -0.4 is 27.8 Å². The van der Waals surface area contributed by atoms with Gasteiger partial charge in [-0.25, -0.2) is 9.59 Å². The molecule has 192 valence electrons. The molecule has 6 rings (SSSR count). The molecule has 0 spiro atoms. The number of hydrogen-bond donors (Lipinski definition) is 4. The molecule has 0 atom stereocenters. The quantitative estimate of drug-likeness (QED) is 0.453. The Balaban J connectivity index is 1.14. The molecule has 4 aliphatic rings. The summed E-state index contributed by atoms with van der Waals surface area (Å²) in [7, 11) is 0. The van der Waals surface area contributed by atoms with Gasteiger partial charge in [0.15, 0.2) is 0 Å². The van der Waals surface area contributed by atoms with Crippen molar-refractivity contribution >= 4 is 17.8 Å². The Morgan fingerprint density at radius 1 is 1.03 bits per heavy atom. The standard InChI is InChI=1S/C25H34N8O3/c1-23(2,26)20(34)31-9-11-32(12-10-31)21(35)29-19-7-8-33(22(36)30-19)18-5-3-17(4-6-18)13-28-25-14-24(27,15-25)16-25/h3-8,28H,9-16,26-27H2,1-2H3,(H,29,30,35,36). The fraction of sp³-hybridized carbons (Fsp3) is 0.520. The van der Waals surface area contributed by atoms with Crippen LogP contribution in [0.4, 0.5) is 10.6 Å². The Kier molecular flexibility index (Phi) is 5.89. The summed E-state index contributed by atoms with van der Waals surface area (Å²) in [5, 5.41) is 6.29. The lowest BCUT2D eigenvalue weighted by Gasteiger charge is -2.69. The van der Waals surface area contributed by atoms with Gasteiger partial charge in [0, 0.05) is 50.0 Å². The molecule has 2 bridgehead atoms. The summed E-state index contributed by atoms with van der Waals surface area (Å²) >= 11 is 0. The molecule has 0 unspecified atom stereocenters. The average molecular weight is 495 g/mol. The van der Waals surface area contributed by atoms with Crippen LogP contribution in [0, 0.1) is 0 Å². The third-order valence-corrected chi connectivity index (χ3v) is 7.40. The van der Waals surface area contributed by atoms with Crippen LogP contribution >= 0.6 is 0 Å². The first-order valence-corrected chi connectivity index (χ1v) is 12.3. The van der Waals surface area contributed by atoms with Crippen LogP contribution in [-0.4, -0.2) is 74.1 Å². The van der Waals surface area contributed by atoms with Crippen LogP contribution in [0.1, 0.15) is 38.7 Å². The molecule has 36 heavy (non-hydrogen) atoms. The number of amides is 3. The lowest BCUT2D eigenvalue weighted by Crippen LogP contribution is -2.81. The van der Waals surface area contributed by atoms with Crippen LogP contribution in [-0.2, 0) is 11.3 Å². The smallest absolute Gasteiger partial charge is 0.338 e. The number of rotatable bonds is 6. The Morgan fingerprint density at radius 2 is 1.64 bits per heavy atom. The highest BCUT2D eigenvalue weighted by molar-refractivity contribution is 5.89. The minimum Gasteiger partial charge on any atom is -0.338 e. The van der Waals surface area contributed by atoms with Gasteiger partial charge in [-0.15, -0.1) is 0 Å². The van der Waals surface area contributed by atoms with Crippen LogP contribution in [0.25, 0.3) is 5.69 Å². The van der Waals surface area contributed by atoms with Crippen LogP contribution in [0.5, 0.6) is 0 Å². The number of aromatic nitrogens is 2. The van der Waals surface area contributed by atoms with Gasteiger partial charge in [-0.2, -0.15) is 4.98 Å². The summed E-state index contributed by atoms with van der Waals surface area (Å²) in [5.74, 6) is 0.0381. The fourth-order valence-corrected chi connectivity index (χ4v) is 5.50. The molecular weight excluding hydrogens is 460 g/mol. The maximum Gasteiger partial charge on any atom is 0.354 e. The van der Waals surface area contributed by atoms with Crippen molar-refractivity contribution < 1.29 is 9.59 Å². The predicted octanol–water partition coefficient (Wildman–Crippen LogP) is 0.369. The molecule has 1 saturated heterocycles. The van der Waals surface area contributed by atoms with Crippen molar-refractivity contribution in [1.29, 1.82) is 0 Å². The van der Waals surface area contributed by atoms with Gasteiger partial charge in [-0.05, 0) is 56.9 Å². The molecule has 3 amide bonds. The van der Waals surface area contributed by atoms with Gasteiger partial charge in [-0.1, -0.05) is 12.1 Å². The average Bonchev–Trinajstić information content (AvgIpc) is 2.80. The molecule has 4 fully saturated rings. The maximum absolute atomic E-state index is 12.6. The molecule has 3 aliphatic carbocycles. The topological polar surface area (TPSA) is 152 Å². The lowest BCUT2D eigenvalue weighted by atomic mass is 9.44. The SMILES string of the molecule is CC(C)(N)C(=O)N1CCN(C(=O)Nc2ccn(-c3ccc(CNC45CC(N)(C4)C5)cc3)c(=O)n2)CC1. The molecule has 1 aromatic heterocycles. The zero-order chi connectivity index (χ0) is 25.7. The molecule has 1 aromatic carbocycles. The monoisotopic (exact) mass is 494 g/mol. The zero-order valence-electron chi connectivity index (χ0n) is 20.8. The molecule has 2 aromatic rings. The second-order valence-corrected chi connectivity index (χ2v) is 11.1. The Hall–Kier alpha value is -3.28. The molecule has 3 saturated carbocycles. The van der Waals surface area contributed by atoms with E-state index in [1.165, 1.54) is 4.57 Å². The maximum atomic E-state index is 12.6. The van der Waals surface area contributed by atoms with E-state index in [1.807, 2.05) is 24.3 Å². The number of nitrogens with one attached hydrogen (secondary N) is 2. The van der Waals surface area contributed by atoms with Gasteiger partial charge in [0.05, 0.1) is 11.2 Å². The second kappa shape index (κ2) is 8.68. The van der Waals surface area contributed by atoms with E-state index in [0.29, 0.717) is 31.9 Å². The molecule has 11 nitrogen and oxygen atoms in total. The summed E-state index contributed by atoms with van der Waals surface area (Å²) in [5.41, 5.74) is 12.7. The highest BCUT2D eigenvalue weighted by Gasteiger charge is 2.65. The van der Waals surface area contributed by atoms with Gasteiger partial charge in [0.25, 0.3) is 0 Å². The van der Waals surface area contributed by atoms with Crippen molar-refractivity contribution in [2.75, 3.05) is 31.5 Å². The summed E-state index contributed by atoms with van der Waals surface area (Å²) in [4.78, 5) is 44.9. The first kappa shape index (κ1) is 24.4. The van der Waals surface area contributed by atoms with E-state index in [-0.39, 0.29) is 28.8 Å². The highest BCUT2D eigenvalue weighted by atomic mass is 16.2. The molecule has 1 aliphatic heterocycles. The second-order valence-electron chi connectivity index (χ2n) is 11.1. The van der Waals surface area contributed by atoms with Crippen LogP contribution in [0.2, 0.25) is 0 Å². The summed E-state index contributed by atoms with van der Waals surface area (Å²) in [6, 6.07) is 8.98. The molecule has 11 heteroatoms. The molecular formula is C25H34N8O3. The lowest BCUT2D eigenvalue weighted by molar-refractivity contribution is -0.137. The number of nitrogens with zero attached hydrogens (tertiary/aromatic N) is 4. The summed E-state index contributed by atoms with van der Waals surface area (Å²) in [6.07, 6.45) is 4.74. The van der Waals surface area contributed by atoms with Crippen molar-refractivity contribution in [2.24, 2.45) is 11.5 Å². The number of piperazine rings is 1. The van der Waals surface area contributed by atoms with Crippen molar-refractivity contribution in [1.82, 2.24) is 24.7 Å². The van der Waals surface area contributed by atoms with Crippen LogP contribution in [0.3, 0.4) is 0 Å². The van der Waals surface area contributed by atoms with Gasteiger partial charge >= 0.3 is 11.7 Å². The first-order chi connectivity index (χ1) is 17.0. The van der Waals surface area contributed by atoms with E-state index in [2.05, 4.69) is 15.6 Å². The highest BCUT2D eigenvalue weighted by Crippen LogP contribution is 2.58. The van der Waals surface area contributed by atoms with Crippen molar-refractivity contribution in [3.63, 3.8) is 0 Å². The number of carbonyl (C=O) groups is 2. The minimum absolute atomic E-state index is 0.0774. The predicted molar refractivity (Wildman–Crippen MR) is 136 cm³/mol. The van der Waals surface area contributed by atoms with E-state index in [4.69, 9.17) is 11.5 Å². The van der Waals surface area contributed by atoms with Crippen molar-refractivity contribution in [3.8, 4) is 5.69 Å². The number of hydrogen-bond acceptors (Lipinski definition) is 7. The normalized spacial score (nSPS) is 25.1. The van der Waals surface area contributed by atoms with E-state index in [9.17, 15) is 14.4 Å². The zero-order valence-corrected chi connectivity index (χ0v) is 20.8. The Labute approximate surface area is 209 Å². The summed E-state index contributed by atoms with van der Waals surface area (Å²) < 4.78 is 1.44.